The molecule has 3 aromatic rings. The van der Waals surface area contributed by atoms with Crippen molar-refractivity contribution in [1.82, 2.24) is 35.5 Å². The van der Waals surface area contributed by atoms with Crippen LogP contribution in [0.25, 0.3) is 5.69 Å². The number of hydrogen-bond donors (Lipinski definition) is 1. The molecule has 0 unspecified atom stereocenters. The van der Waals surface area contributed by atoms with Crippen molar-refractivity contribution in [3.05, 3.63) is 54.6 Å². The molecule has 138 valence electrons. The first-order valence-electron chi connectivity index (χ1n) is 8.86. The first-order valence-corrected chi connectivity index (χ1v) is 8.86. The monoisotopic (exact) mass is 365 g/mol. The molecule has 2 aromatic heterocycles. The maximum absolute atomic E-state index is 12.6. The van der Waals surface area contributed by atoms with E-state index in [-0.39, 0.29) is 18.1 Å². The van der Waals surface area contributed by atoms with Crippen LogP contribution in [0.3, 0.4) is 0 Å². The van der Waals surface area contributed by atoms with E-state index >= 15 is 0 Å². The molecule has 1 N–H and O–H groups in total. The zero-order valence-corrected chi connectivity index (χ0v) is 14.6. The van der Waals surface area contributed by atoms with E-state index in [4.69, 9.17) is 4.74 Å². The van der Waals surface area contributed by atoms with Crippen molar-refractivity contribution in [3.63, 3.8) is 0 Å². The van der Waals surface area contributed by atoms with Crippen LogP contribution in [0.4, 0.5) is 0 Å². The van der Waals surface area contributed by atoms with Gasteiger partial charge in [0.05, 0.1) is 5.69 Å². The molecule has 0 radical (unpaired) electrons. The Kier molecular flexibility index (Phi) is 4.99. The lowest BCUT2D eigenvalue weighted by atomic mass is 9.92. The van der Waals surface area contributed by atoms with Crippen molar-refractivity contribution in [2.24, 2.45) is 0 Å². The van der Waals surface area contributed by atoms with Gasteiger partial charge >= 0.3 is 6.01 Å². The van der Waals surface area contributed by atoms with Crippen LogP contribution in [-0.2, 0) is 0 Å². The molecule has 0 aliphatic heterocycles. The predicted octanol–water partition coefficient (Wildman–Crippen LogP) is 1.57. The van der Waals surface area contributed by atoms with Crippen LogP contribution in [0, 0.1) is 0 Å². The minimum Gasteiger partial charge on any atom is -0.460 e. The minimum absolute atomic E-state index is 0.0868. The van der Waals surface area contributed by atoms with Gasteiger partial charge in [-0.25, -0.2) is 14.6 Å². The number of carbonyl (C=O) groups is 1. The Bertz CT molecular complexity index is 878. The maximum Gasteiger partial charge on any atom is 0.316 e. The van der Waals surface area contributed by atoms with Crippen LogP contribution < -0.4 is 10.1 Å². The fraction of sp³-hybridized carbons (Fsp3) is 0.333. The number of amides is 1. The number of nitrogens with one attached hydrogen (secondary N) is 1. The van der Waals surface area contributed by atoms with E-state index in [1.54, 1.807) is 30.6 Å². The molecule has 9 nitrogen and oxygen atoms in total. The quantitative estimate of drug-likeness (QED) is 0.731. The van der Waals surface area contributed by atoms with Crippen LogP contribution in [0.2, 0.25) is 0 Å². The van der Waals surface area contributed by atoms with Crippen LogP contribution in [0.5, 0.6) is 6.01 Å². The zero-order chi connectivity index (χ0) is 18.5. The van der Waals surface area contributed by atoms with Crippen molar-refractivity contribution in [3.8, 4) is 11.7 Å². The van der Waals surface area contributed by atoms with E-state index in [9.17, 15) is 4.79 Å². The molecule has 1 saturated carbocycles. The van der Waals surface area contributed by atoms with Gasteiger partial charge in [-0.05, 0) is 60.4 Å². The summed E-state index contributed by atoms with van der Waals surface area (Å²) in [6.45, 7) is 0. The summed E-state index contributed by atoms with van der Waals surface area (Å²) in [5.74, 6) is -0.0966. The third-order valence-corrected chi connectivity index (χ3v) is 4.55. The topological polar surface area (TPSA) is 108 Å². The Labute approximate surface area is 155 Å². The number of tetrazole rings is 1. The molecule has 2 heterocycles. The van der Waals surface area contributed by atoms with Crippen molar-refractivity contribution in [1.29, 1.82) is 0 Å². The van der Waals surface area contributed by atoms with Gasteiger partial charge in [0.15, 0.2) is 0 Å². The number of carbonyl (C=O) groups excluding carboxylic acids is 1. The van der Waals surface area contributed by atoms with Gasteiger partial charge in [0, 0.05) is 24.0 Å². The van der Waals surface area contributed by atoms with Gasteiger partial charge in [-0.15, -0.1) is 5.10 Å². The van der Waals surface area contributed by atoms with Crippen molar-refractivity contribution in [2.75, 3.05) is 0 Å². The Balaban J connectivity index is 1.31. The smallest absolute Gasteiger partial charge is 0.316 e. The van der Waals surface area contributed by atoms with Crippen molar-refractivity contribution >= 4 is 5.91 Å². The zero-order valence-electron chi connectivity index (χ0n) is 14.6. The summed E-state index contributed by atoms with van der Waals surface area (Å²) in [6.07, 6.45) is 8.33. The minimum atomic E-state index is -0.0966. The molecule has 0 spiro atoms. The van der Waals surface area contributed by atoms with Gasteiger partial charge in [-0.1, -0.05) is 6.07 Å². The standard InChI is InChI=1S/C18H19N7O2/c26-17(13-3-1-4-15(11-13)25-12-21-23-24-25)22-14-5-7-16(8-6-14)27-18-19-9-2-10-20-18/h1-4,9-12,14,16H,5-8H2,(H,22,26). The fourth-order valence-electron chi connectivity index (χ4n) is 3.16. The fourth-order valence-corrected chi connectivity index (χ4v) is 3.16. The summed E-state index contributed by atoms with van der Waals surface area (Å²) in [5, 5.41) is 14.2. The first-order chi connectivity index (χ1) is 13.3. The van der Waals surface area contributed by atoms with Gasteiger partial charge in [-0.3, -0.25) is 4.79 Å². The van der Waals surface area contributed by atoms with E-state index in [0.29, 0.717) is 11.6 Å². The second-order valence-electron chi connectivity index (χ2n) is 6.40. The second-order valence-corrected chi connectivity index (χ2v) is 6.40. The third kappa shape index (κ3) is 4.25. The number of rotatable bonds is 5. The van der Waals surface area contributed by atoms with E-state index in [0.717, 1.165) is 31.4 Å². The predicted molar refractivity (Wildman–Crippen MR) is 95.3 cm³/mol. The maximum atomic E-state index is 12.6. The molecule has 0 saturated heterocycles. The highest BCUT2D eigenvalue weighted by molar-refractivity contribution is 5.94. The van der Waals surface area contributed by atoms with Crippen LogP contribution >= 0.6 is 0 Å². The number of nitrogens with zero attached hydrogens (tertiary/aromatic N) is 6. The Hall–Kier alpha value is -3.36. The lowest BCUT2D eigenvalue weighted by Gasteiger charge is -2.28. The molecule has 9 heteroatoms. The van der Waals surface area contributed by atoms with Crippen LogP contribution in [0.15, 0.2) is 49.1 Å². The summed E-state index contributed by atoms with van der Waals surface area (Å²) >= 11 is 0. The summed E-state index contributed by atoms with van der Waals surface area (Å²) in [7, 11) is 0. The molecule has 1 aromatic carbocycles. The Morgan fingerprint density at radius 1 is 1.11 bits per heavy atom. The summed E-state index contributed by atoms with van der Waals surface area (Å²) in [4.78, 5) is 20.8. The Morgan fingerprint density at radius 3 is 2.67 bits per heavy atom. The van der Waals surface area contributed by atoms with Gasteiger partial charge in [0.25, 0.3) is 5.91 Å². The van der Waals surface area contributed by atoms with Crippen molar-refractivity contribution < 1.29 is 9.53 Å². The summed E-state index contributed by atoms with van der Waals surface area (Å²) in [6, 6.07) is 9.51. The van der Waals surface area contributed by atoms with E-state index in [1.807, 2.05) is 12.1 Å². The SMILES string of the molecule is O=C(NC1CCC(Oc2ncccn2)CC1)c1cccc(-n2cnnn2)c1. The van der Waals surface area contributed by atoms with Gasteiger partial charge in [0.2, 0.25) is 0 Å². The van der Waals surface area contributed by atoms with Crippen molar-refractivity contribution in [2.45, 2.75) is 37.8 Å². The van der Waals surface area contributed by atoms with Gasteiger partial charge in [0.1, 0.15) is 12.4 Å². The van der Waals surface area contributed by atoms with E-state index in [1.165, 1.54) is 11.0 Å². The average molecular weight is 365 g/mol. The molecule has 1 amide bonds. The molecule has 1 aliphatic rings. The molecular formula is C18H19N7O2. The molecule has 1 fully saturated rings. The van der Waals surface area contributed by atoms with Crippen LogP contribution in [0.1, 0.15) is 36.0 Å². The molecule has 4 rings (SSSR count). The van der Waals surface area contributed by atoms with Crippen LogP contribution in [-0.4, -0.2) is 48.2 Å². The number of aromatic nitrogens is 6. The summed E-state index contributed by atoms with van der Waals surface area (Å²) < 4.78 is 7.31. The molecule has 0 atom stereocenters. The van der Waals surface area contributed by atoms with E-state index in [2.05, 4.69) is 30.8 Å². The third-order valence-electron chi connectivity index (χ3n) is 4.55. The molecule has 0 bridgehead atoms. The lowest BCUT2D eigenvalue weighted by Crippen LogP contribution is -2.39. The van der Waals surface area contributed by atoms with Gasteiger partial charge in [-0.2, -0.15) is 0 Å². The average Bonchev–Trinajstić information content (AvgIpc) is 3.25. The highest BCUT2D eigenvalue weighted by atomic mass is 16.5. The highest BCUT2D eigenvalue weighted by Gasteiger charge is 2.24. The molecular weight excluding hydrogens is 346 g/mol. The normalized spacial score (nSPS) is 19.4. The second kappa shape index (κ2) is 7.90. The summed E-state index contributed by atoms with van der Waals surface area (Å²) in [5.41, 5.74) is 1.33. The number of benzene rings is 1. The largest absolute Gasteiger partial charge is 0.460 e. The molecule has 27 heavy (non-hydrogen) atoms. The Morgan fingerprint density at radius 2 is 1.93 bits per heavy atom. The van der Waals surface area contributed by atoms with E-state index < -0.39 is 0 Å². The molecule has 1 aliphatic carbocycles. The first kappa shape index (κ1) is 17.1. The van der Waals surface area contributed by atoms with Gasteiger partial charge < -0.3 is 10.1 Å². The number of ether oxygens (including phenoxy) is 1. The highest BCUT2D eigenvalue weighted by Crippen LogP contribution is 2.22. The number of hydrogen-bond acceptors (Lipinski definition) is 7. The lowest BCUT2D eigenvalue weighted by molar-refractivity contribution is 0.0885.